The van der Waals surface area contributed by atoms with Gasteiger partial charge in [-0.25, -0.2) is 4.98 Å². The van der Waals surface area contributed by atoms with Crippen molar-refractivity contribution in [3.63, 3.8) is 0 Å². The zero-order valence-corrected chi connectivity index (χ0v) is 9.17. The summed E-state index contributed by atoms with van der Waals surface area (Å²) in [6, 6.07) is 1.69. The van der Waals surface area contributed by atoms with Gasteiger partial charge in [0.25, 0.3) is 0 Å². The Hall–Kier alpha value is -0.0700. The highest BCUT2D eigenvalue weighted by atomic mass is 127. The van der Waals surface area contributed by atoms with Crippen molar-refractivity contribution in [2.75, 3.05) is 13.2 Å². The molecule has 0 bridgehead atoms. The molecule has 0 aromatic carbocycles. The first kappa shape index (κ1) is 10.0. The van der Waals surface area contributed by atoms with Gasteiger partial charge in [0.05, 0.1) is 5.02 Å². The van der Waals surface area contributed by atoms with Gasteiger partial charge in [-0.3, -0.25) is 0 Å². The normalized spacial score (nSPS) is 9.92. The molecular formula is C7H8ClIN2O. The predicted molar refractivity (Wildman–Crippen MR) is 56.5 cm³/mol. The molecule has 1 aromatic heterocycles. The van der Waals surface area contributed by atoms with Gasteiger partial charge in [0.2, 0.25) is 0 Å². The van der Waals surface area contributed by atoms with Crippen LogP contribution in [0.4, 0.5) is 0 Å². The van der Waals surface area contributed by atoms with Crippen molar-refractivity contribution >= 4 is 34.2 Å². The third kappa shape index (κ3) is 2.46. The van der Waals surface area contributed by atoms with Crippen molar-refractivity contribution in [1.82, 2.24) is 4.98 Å². The van der Waals surface area contributed by atoms with Gasteiger partial charge in [-0.1, -0.05) is 11.6 Å². The van der Waals surface area contributed by atoms with E-state index in [2.05, 4.69) is 27.6 Å². The molecule has 0 atom stereocenters. The Morgan fingerprint density at radius 2 is 2.42 bits per heavy atom. The van der Waals surface area contributed by atoms with Crippen LogP contribution in [0.5, 0.6) is 5.75 Å². The molecule has 0 aliphatic heterocycles. The fourth-order valence-electron chi connectivity index (χ4n) is 0.690. The molecule has 0 aliphatic carbocycles. The molecule has 12 heavy (non-hydrogen) atoms. The van der Waals surface area contributed by atoms with Crippen molar-refractivity contribution in [3.8, 4) is 5.75 Å². The molecular weight excluding hydrogens is 290 g/mol. The number of hydrogen-bond acceptors (Lipinski definition) is 3. The lowest BCUT2D eigenvalue weighted by atomic mass is 10.4. The Balaban J connectivity index is 2.81. The maximum atomic E-state index is 5.85. The molecule has 1 heterocycles. The average molecular weight is 299 g/mol. The summed E-state index contributed by atoms with van der Waals surface area (Å²) in [5.74, 6) is 0.616. The topological polar surface area (TPSA) is 48.1 Å². The summed E-state index contributed by atoms with van der Waals surface area (Å²) in [7, 11) is 0. The van der Waals surface area contributed by atoms with Gasteiger partial charge in [0.15, 0.2) is 5.75 Å². The van der Waals surface area contributed by atoms with Crippen LogP contribution in [0.1, 0.15) is 0 Å². The molecule has 1 rings (SSSR count). The minimum absolute atomic E-state index is 0.460. The molecule has 2 N–H and O–H groups in total. The third-order valence-electron chi connectivity index (χ3n) is 1.18. The van der Waals surface area contributed by atoms with Crippen LogP contribution in [0.3, 0.4) is 0 Å². The smallest absolute Gasteiger partial charge is 0.169 e. The fourth-order valence-corrected chi connectivity index (χ4v) is 1.66. The standard InChI is InChI=1S/C7H8ClIN2O/c8-5-1-3-11-7(9)6(5)12-4-2-10/h1,3H,2,4,10H2. The Bertz CT molecular complexity index is 249. The highest BCUT2D eigenvalue weighted by Gasteiger charge is 2.05. The monoisotopic (exact) mass is 298 g/mol. The second-order valence-electron chi connectivity index (χ2n) is 2.05. The molecule has 0 spiro atoms. The Morgan fingerprint density at radius 3 is 3.00 bits per heavy atom. The molecule has 0 aliphatic rings. The van der Waals surface area contributed by atoms with Crippen molar-refractivity contribution in [3.05, 3.63) is 21.0 Å². The van der Waals surface area contributed by atoms with Crippen LogP contribution in [0.2, 0.25) is 5.02 Å². The van der Waals surface area contributed by atoms with Crippen molar-refractivity contribution in [2.24, 2.45) is 5.73 Å². The van der Waals surface area contributed by atoms with Gasteiger partial charge in [-0.15, -0.1) is 0 Å². The van der Waals surface area contributed by atoms with Gasteiger partial charge < -0.3 is 10.5 Å². The number of nitrogens with zero attached hydrogens (tertiary/aromatic N) is 1. The first-order valence-electron chi connectivity index (χ1n) is 3.38. The lowest BCUT2D eigenvalue weighted by Crippen LogP contribution is -2.11. The van der Waals surface area contributed by atoms with E-state index in [1.165, 1.54) is 0 Å². The van der Waals surface area contributed by atoms with E-state index in [9.17, 15) is 0 Å². The Morgan fingerprint density at radius 1 is 1.67 bits per heavy atom. The summed E-state index contributed by atoms with van der Waals surface area (Å²) in [6.45, 7) is 0.933. The SMILES string of the molecule is NCCOc1c(Cl)ccnc1I. The lowest BCUT2D eigenvalue weighted by molar-refractivity contribution is 0.324. The van der Waals surface area contributed by atoms with Crippen LogP contribution < -0.4 is 10.5 Å². The predicted octanol–water partition coefficient (Wildman–Crippen LogP) is 1.68. The number of nitrogens with two attached hydrogens (primary N) is 1. The molecule has 0 saturated carbocycles. The molecule has 0 unspecified atom stereocenters. The summed E-state index contributed by atoms with van der Waals surface area (Å²) in [4.78, 5) is 4.03. The first-order chi connectivity index (χ1) is 5.75. The molecule has 5 heteroatoms. The van der Waals surface area contributed by atoms with Crippen LogP contribution in [0, 0.1) is 3.70 Å². The van der Waals surface area contributed by atoms with Crippen LogP contribution >= 0.6 is 34.2 Å². The molecule has 0 radical (unpaired) electrons. The van der Waals surface area contributed by atoms with Crippen molar-refractivity contribution in [2.45, 2.75) is 0 Å². The lowest BCUT2D eigenvalue weighted by Gasteiger charge is -2.06. The zero-order chi connectivity index (χ0) is 8.97. The number of pyridine rings is 1. The summed E-state index contributed by atoms with van der Waals surface area (Å²) in [5.41, 5.74) is 5.29. The third-order valence-corrected chi connectivity index (χ3v) is 2.24. The van der Waals surface area contributed by atoms with Gasteiger partial charge in [-0.05, 0) is 28.7 Å². The summed E-state index contributed by atoms with van der Waals surface area (Å²) in [6.07, 6.45) is 1.64. The largest absolute Gasteiger partial charge is 0.488 e. The maximum Gasteiger partial charge on any atom is 0.169 e. The minimum Gasteiger partial charge on any atom is -0.488 e. The number of ether oxygens (including phenoxy) is 1. The van der Waals surface area contributed by atoms with Crippen molar-refractivity contribution < 1.29 is 4.74 Å². The van der Waals surface area contributed by atoms with Crippen LogP contribution in [0.15, 0.2) is 12.3 Å². The number of rotatable bonds is 3. The van der Waals surface area contributed by atoms with E-state index in [0.717, 1.165) is 3.70 Å². The second-order valence-corrected chi connectivity index (χ2v) is 3.48. The molecule has 66 valence electrons. The number of aromatic nitrogens is 1. The molecule has 0 fully saturated rings. The van der Waals surface area contributed by atoms with Crippen LogP contribution in [-0.2, 0) is 0 Å². The van der Waals surface area contributed by atoms with Gasteiger partial charge in [0.1, 0.15) is 10.3 Å². The zero-order valence-electron chi connectivity index (χ0n) is 6.26. The fraction of sp³-hybridized carbons (Fsp3) is 0.286. The first-order valence-corrected chi connectivity index (χ1v) is 4.84. The summed E-state index contributed by atoms with van der Waals surface area (Å²) in [5, 5.41) is 0.572. The van der Waals surface area contributed by atoms with E-state index in [4.69, 9.17) is 22.1 Å². The van der Waals surface area contributed by atoms with E-state index in [0.29, 0.717) is 23.9 Å². The van der Waals surface area contributed by atoms with Gasteiger partial charge >= 0.3 is 0 Å². The highest BCUT2D eigenvalue weighted by molar-refractivity contribution is 14.1. The van der Waals surface area contributed by atoms with E-state index in [1.807, 2.05) is 0 Å². The van der Waals surface area contributed by atoms with Gasteiger partial charge in [0, 0.05) is 12.7 Å². The number of halogens is 2. The van der Waals surface area contributed by atoms with E-state index in [-0.39, 0.29) is 0 Å². The van der Waals surface area contributed by atoms with E-state index in [1.54, 1.807) is 12.3 Å². The highest BCUT2D eigenvalue weighted by Crippen LogP contribution is 2.27. The number of hydrogen-bond donors (Lipinski definition) is 1. The second kappa shape index (κ2) is 4.84. The molecule has 1 aromatic rings. The minimum atomic E-state index is 0.460. The molecule has 3 nitrogen and oxygen atoms in total. The summed E-state index contributed by atoms with van der Waals surface area (Å²) >= 11 is 7.92. The van der Waals surface area contributed by atoms with Gasteiger partial charge in [-0.2, -0.15) is 0 Å². The van der Waals surface area contributed by atoms with Crippen molar-refractivity contribution in [1.29, 1.82) is 0 Å². The van der Waals surface area contributed by atoms with E-state index < -0.39 is 0 Å². The van der Waals surface area contributed by atoms with E-state index >= 15 is 0 Å². The molecule has 0 amide bonds. The Labute approximate surface area is 89.4 Å². The maximum absolute atomic E-state index is 5.85. The quantitative estimate of drug-likeness (QED) is 0.682. The summed E-state index contributed by atoms with van der Waals surface area (Å²) < 4.78 is 6.05. The van der Waals surface area contributed by atoms with Crippen LogP contribution in [-0.4, -0.2) is 18.1 Å². The van der Waals surface area contributed by atoms with Crippen LogP contribution in [0.25, 0.3) is 0 Å². The molecule has 0 saturated heterocycles. The average Bonchev–Trinajstić information content (AvgIpc) is 2.04. The Kier molecular flexibility index (Phi) is 4.03.